The molecule has 2 aromatic carbocycles. The molecule has 0 spiro atoms. The van der Waals surface area contributed by atoms with Crippen LogP contribution in [0.25, 0.3) is 0 Å². The number of carboxylic acid groups (broad SMARTS) is 1. The summed E-state index contributed by atoms with van der Waals surface area (Å²) in [7, 11) is 0. The number of amides is 1. The van der Waals surface area contributed by atoms with Gasteiger partial charge in [-0.25, -0.2) is 4.79 Å². The number of rotatable bonds is 9. The molecule has 0 radical (unpaired) electrons. The number of ether oxygens (including phenoxy) is 2. The molecule has 6 heteroatoms. The number of hydrogen-bond acceptors (Lipinski definition) is 4. The summed E-state index contributed by atoms with van der Waals surface area (Å²) in [6.07, 6.45) is 3.13. The van der Waals surface area contributed by atoms with Crippen molar-refractivity contribution in [3.05, 3.63) is 64.7 Å². The Labute approximate surface area is 170 Å². The van der Waals surface area contributed by atoms with Gasteiger partial charge in [-0.3, -0.25) is 4.79 Å². The maximum Gasteiger partial charge on any atom is 0.335 e. The number of carbonyl (C=O) groups is 2. The minimum atomic E-state index is -0.954. The van der Waals surface area contributed by atoms with Gasteiger partial charge < -0.3 is 19.9 Å². The van der Waals surface area contributed by atoms with Crippen LogP contribution in [0.5, 0.6) is 5.75 Å². The normalized spacial score (nSPS) is 15.8. The molecule has 1 heterocycles. The lowest BCUT2D eigenvalue weighted by Gasteiger charge is -2.16. The highest BCUT2D eigenvalue weighted by Crippen LogP contribution is 2.22. The van der Waals surface area contributed by atoms with Gasteiger partial charge in [-0.15, -0.1) is 0 Å². The fraction of sp³-hybridized carbons (Fsp3) is 0.391. The fourth-order valence-electron chi connectivity index (χ4n) is 3.25. The minimum Gasteiger partial charge on any atom is -0.491 e. The lowest BCUT2D eigenvalue weighted by molar-refractivity contribution is -0.121. The second-order valence-corrected chi connectivity index (χ2v) is 7.34. The van der Waals surface area contributed by atoms with Crippen molar-refractivity contribution in [2.75, 3.05) is 13.2 Å². The van der Waals surface area contributed by atoms with Gasteiger partial charge in [0, 0.05) is 25.1 Å². The number of aromatic carboxylic acids is 1. The van der Waals surface area contributed by atoms with Crippen LogP contribution in [-0.2, 0) is 22.5 Å². The predicted octanol–water partition coefficient (Wildman–Crippen LogP) is 3.50. The Bertz CT molecular complexity index is 841. The molecule has 1 amide bonds. The molecule has 0 bridgehead atoms. The zero-order valence-corrected chi connectivity index (χ0v) is 16.6. The molecule has 1 atom stereocenters. The van der Waals surface area contributed by atoms with Gasteiger partial charge in [-0.1, -0.05) is 24.3 Å². The SMILES string of the molecule is Cc1ccc(CNC(=O)CCc2ccc(C(=O)O)cc2)c(OCC2CCCO2)c1. The van der Waals surface area contributed by atoms with Crippen molar-refractivity contribution in [3.8, 4) is 5.75 Å². The third kappa shape index (κ3) is 6.32. The van der Waals surface area contributed by atoms with Gasteiger partial charge in [-0.05, 0) is 55.5 Å². The van der Waals surface area contributed by atoms with Crippen molar-refractivity contribution < 1.29 is 24.2 Å². The molecule has 0 aliphatic carbocycles. The number of hydrogen-bond donors (Lipinski definition) is 2. The van der Waals surface area contributed by atoms with E-state index >= 15 is 0 Å². The Balaban J connectivity index is 1.49. The molecule has 1 fully saturated rings. The van der Waals surface area contributed by atoms with Gasteiger partial charge in [0.15, 0.2) is 0 Å². The van der Waals surface area contributed by atoms with Crippen LogP contribution in [0.3, 0.4) is 0 Å². The third-order valence-electron chi connectivity index (χ3n) is 4.99. The fourth-order valence-corrected chi connectivity index (χ4v) is 3.25. The zero-order valence-electron chi connectivity index (χ0n) is 16.6. The third-order valence-corrected chi connectivity index (χ3v) is 4.99. The molecule has 6 nitrogen and oxygen atoms in total. The van der Waals surface area contributed by atoms with Crippen LogP contribution in [0.1, 0.15) is 46.3 Å². The van der Waals surface area contributed by atoms with Crippen molar-refractivity contribution >= 4 is 11.9 Å². The average molecular weight is 397 g/mol. The highest BCUT2D eigenvalue weighted by Gasteiger charge is 2.17. The largest absolute Gasteiger partial charge is 0.491 e. The van der Waals surface area contributed by atoms with Crippen LogP contribution in [0.2, 0.25) is 0 Å². The molecule has 29 heavy (non-hydrogen) atoms. The number of carboxylic acids is 1. The number of carbonyl (C=O) groups excluding carboxylic acids is 1. The highest BCUT2D eigenvalue weighted by atomic mass is 16.5. The van der Waals surface area contributed by atoms with Crippen LogP contribution >= 0.6 is 0 Å². The molecule has 2 N–H and O–H groups in total. The average Bonchev–Trinajstić information content (AvgIpc) is 3.24. The van der Waals surface area contributed by atoms with E-state index in [2.05, 4.69) is 5.32 Å². The number of aryl methyl sites for hydroxylation is 2. The molecular formula is C23H27NO5. The Hall–Kier alpha value is -2.86. The molecule has 0 aromatic heterocycles. The van der Waals surface area contributed by atoms with Crippen molar-refractivity contribution in [2.45, 2.75) is 45.3 Å². The van der Waals surface area contributed by atoms with E-state index in [1.165, 1.54) is 0 Å². The number of benzene rings is 2. The Kier molecular flexibility index (Phi) is 7.25. The van der Waals surface area contributed by atoms with E-state index in [0.717, 1.165) is 41.9 Å². The van der Waals surface area contributed by atoms with Gasteiger partial charge in [0.25, 0.3) is 0 Å². The lowest BCUT2D eigenvalue weighted by atomic mass is 10.1. The Morgan fingerprint density at radius 1 is 1.21 bits per heavy atom. The van der Waals surface area contributed by atoms with Crippen LogP contribution < -0.4 is 10.1 Å². The van der Waals surface area contributed by atoms with E-state index in [1.807, 2.05) is 25.1 Å². The quantitative estimate of drug-likeness (QED) is 0.677. The van der Waals surface area contributed by atoms with E-state index in [4.69, 9.17) is 14.6 Å². The highest BCUT2D eigenvalue weighted by molar-refractivity contribution is 5.87. The summed E-state index contributed by atoms with van der Waals surface area (Å²) >= 11 is 0. The van der Waals surface area contributed by atoms with Crippen LogP contribution in [-0.4, -0.2) is 36.3 Å². The molecule has 1 aliphatic heterocycles. The monoisotopic (exact) mass is 397 g/mol. The lowest BCUT2D eigenvalue weighted by Crippen LogP contribution is -2.24. The summed E-state index contributed by atoms with van der Waals surface area (Å²) in [5.74, 6) is -0.229. The zero-order chi connectivity index (χ0) is 20.6. The summed E-state index contributed by atoms with van der Waals surface area (Å²) < 4.78 is 11.6. The molecule has 1 unspecified atom stereocenters. The second-order valence-electron chi connectivity index (χ2n) is 7.34. The summed E-state index contributed by atoms with van der Waals surface area (Å²) in [5, 5.41) is 11.9. The van der Waals surface area contributed by atoms with E-state index < -0.39 is 5.97 Å². The molecule has 1 saturated heterocycles. The van der Waals surface area contributed by atoms with Crippen LogP contribution in [0.4, 0.5) is 0 Å². The van der Waals surface area contributed by atoms with Gasteiger partial charge in [0.1, 0.15) is 12.4 Å². The summed E-state index contributed by atoms with van der Waals surface area (Å²) in [6.45, 7) is 3.73. The summed E-state index contributed by atoms with van der Waals surface area (Å²) in [6, 6.07) is 12.6. The van der Waals surface area contributed by atoms with Crippen molar-refractivity contribution in [2.24, 2.45) is 0 Å². The van der Waals surface area contributed by atoms with Crippen molar-refractivity contribution in [3.63, 3.8) is 0 Å². The maximum atomic E-state index is 12.2. The Morgan fingerprint density at radius 2 is 2.00 bits per heavy atom. The first-order chi connectivity index (χ1) is 14.0. The molecule has 0 saturated carbocycles. The molecule has 2 aromatic rings. The van der Waals surface area contributed by atoms with Crippen LogP contribution in [0, 0.1) is 6.92 Å². The molecule has 1 aliphatic rings. The molecule has 3 rings (SSSR count). The van der Waals surface area contributed by atoms with Crippen LogP contribution in [0.15, 0.2) is 42.5 Å². The smallest absolute Gasteiger partial charge is 0.335 e. The van der Waals surface area contributed by atoms with Crippen molar-refractivity contribution in [1.82, 2.24) is 5.32 Å². The predicted molar refractivity (Wildman–Crippen MR) is 109 cm³/mol. The Morgan fingerprint density at radius 3 is 2.69 bits per heavy atom. The van der Waals surface area contributed by atoms with Gasteiger partial charge in [-0.2, -0.15) is 0 Å². The second kappa shape index (κ2) is 10.1. The van der Waals surface area contributed by atoms with E-state index in [0.29, 0.717) is 26.0 Å². The minimum absolute atomic E-state index is 0.0574. The standard InChI is InChI=1S/C23H27NO5/c1-16-4-8-19(21(13-16)29-15-20-3-2-12-28-20)14-24-22(25)11-7-17-5-9-18(10-6-17)23(26)27/h4-6,8-10,13,20H,2-3,7,11-12,14-15H2,1H3,(H,24,25)(H,26,27). The van der Waals surface area contributed by atoms with E-state index in [-0.39, 0.29) is 17.6 Å². The van der Waals surface area contributed by atoms with E-state index in [9.17, 15) is 9.59 Å². The molecular weight excluding hydrogens is 370 g/mol. The first-order valence-electron chi connectivity index (χ1n) is 9.94. The summed E-state index contributed by atoms with van der Waals surface area (Å²) in [4.78, 5) is 23.1. The van der Waals surface area contributed by atoms with Gasteiger partial charge >= 0.3 is 5.97 Å². The van der Waals surface area contributed by atoms with Crippen molar-refractivity contribution in [1.29, 1.82) is 0 Å². The maximum absolute atomic E-state index is 12.2. The van der Waals surface area contributed by atoms with E-state index in [1.54, 1.807) is 24.3 Å². The first kappa shape index (κ1) is 20.9. The topological polar surface area (TPSA) is 84.9 Å². The molecule has 154 valence electrons. The number of nitrogens with one attached hydrogen (secondary N) is 1. The van der Waals surface area contributed by atoms with Gasteiger partial charge in [0.2, 0.25) is 5.91 Å². The first-order valence-corrected chi connectivity index (χ1v) is 9.94. The summed E-state index contributed by atoms with van der Waals surface area (Å²) in [5.41, 5.74) is 3.22. The van der Waals surface area contributed by atoms with Gasteiger partial charge in [0.05, 0.1) is 11.7 Å².